The summed E-state index contributed by atoms with van der Waals surface area (Å²) in [4.78, 5) is 0. The summed E-state index contributed by atoms with van der Waals surface area (Å²) in [7, 11) is 0. The first kappa shape index (κ1) is 27.0. The molecular weight excluding hydrogens is 450 g/mol. The van der Waals surface area contributed by atoms with Crippen molar-refractivity contribution >= 4 is 5.71 Å². The third kappa shape index (κ3) is 3.99. The molecule has 0 saturated heterocycles. The number of aliphatic hydroxyl groups excluding tert-OH is 3. The van der Waals surface area contributed by atoms with Crippen molar-refractivity contribution in [2.24, 2.45) is 33.7 Å². The summed E-state index contributed by atoms with van der Waals surface area (Å²) in [6.07, 6.45) is 2.53. The van der Waals surface area contributed by atoms with Crippen LogP contribution in [0.25, 0.3) is 0 Å². The van der Waals surface area contributed by atoms with E-state index in [0.717, 1.165) is 12.0 Å². The van der Waals surface area contributed by atoms with Crippen LogP contribution in [0.15, 0.2) is 16.8 Å². The molecular formula is C27H45NO7. The zero-order valence-corrected chi connectivity index (χ0v) is 21.8. The average Bonchev–Trinajstić information content (AvgIpc) is 3.04. The van der Waals surface area contributed by atoms with Gasteiger partial charge in [-0.3, -0.25) is 0 Å². The number of aliphatic hydroxyl groups is 6. The van der Waals surface area contributed by atoms with Crippen molar-refractivity contribution in [3.8, 4) is 0 Å². The molecule has 200 valence electrons. The fourth-order valence-corrected chi connectivity index (χ4v) is 8.44. The maximum atomic E-state index is 12.3. The molecule has 0 bridgehead atoms. The predicted molar refractivity (Wildman–Crippen MR) is 131 cm³/mol. The highest BCUT2D eigenvalue weighted by atomic mass is 16.4. The fourth-order valence-electron chi connectivity index (χ4n) is 8.44. The van der Waals surface area contributed by atoms with Crippen LogP contribution in [0.4, 0.5) is 0 Å². The number of nitrogens with zero attached hydrogens (tertiary/aromatic N) is 1. The van der Waals surface area contributed by atoms with E-state index >= 15 is 0 Å². The number of rotatable bonds is 5. The van der Waals surface area contributed by atoms with Crippen LogP contribution in [0.2, 0.25) is 0 Å². The summed E-state index contributed by atoms with van der Waals surface area (Å²) >= 11 is 0. The molecule has 10 atom stereocenters. The van der Waals surface area contributed by atoms with Crippen molar-refractivity contribution in [2.45, 2.75) is 121 Å². The van der Waals surface area contributed by atoms with Crippen LogP contribution < -0.4 is 0 Å². The van der Waals surface area contributed by atoms with Gasteiger partial charge in [-0.1, -0.05) is 19.0 Å². The molecule has 4 aliphatic rings. The molecule has 4 rings (SSSR count). The maximum absolute atomic E-state index is 12.3. The lowest BCUT2D eigenvalue weighted by Gasteiger charge is -2.61. The smallest absolute Gasteiger partial charge is 0.0920 e. The van der Waals surface area contributed by atoms with Crippen molar-refractivity contribution < 1.29 is 35.8 Å². The second-order valence-electron chi connectivity index (χ2n) is 13.3. The van der Waals surface area contributed by atoms with E-state index in [0.29, 0.717) is 44.2 Å². The van der Waals surface area contributed by atoms with Crippen LogP contribution in [0, 0.1) is 28.6 Å². The standard InChI is InChI=1S/C27H45NO7/c1-23(2,32)9-8-22(31)26(5,33)21-7-11-27(34)16-12-18(28-35)17-13-19(29)20(30)14-24(17,3)15(16)6-10-25(21,27)4/h12,15,17,19-22,29-35H,6-11,13-14H2,1-5H3/b28-18+/t15-,17+,19-,20+,21+,22-,24-,25-,26-,27-/m1/s1. The van der Waals surface area contributed by atoms with E-state index in [1.807, 2.05) is 6.92 Å². The molecule has 0 amide bonds. The maximum Gasteiger partial charge on any atom is 0.0920 e. The van der Waals surface area contributed by atoms with E-state index < -0.39 is 45.9 Å². The first-order valence-electron chi connectivity index (χ1n) is 13.2. The first-order valence-corrected chi connectivity index (χ1v) is 13.2. The highest BCUT2D eigenvalue weighted by molar-refractivity contribution is 5.99. The summed E-state index contributed by atoms with van der Waals surface area (Å²) in [5, 5.41) is 79.3. The Hall–Kier alpha value is -1.03. The molecule has 0 unspecified atom stereocenters. The van der Waals surface area contributed by atoms with Crippen LogP contribution >= 0.6 is 0 Å². The fraction of sp³-hybridized carbons (Fsp3) is 0.889. The zero-order chi connectivity index (χ0) is 26.2. The van der Waals surface area contributed by atoms with E-state index in [1.54, 1.807) is 26.8 Å². The summed E-state index contributed by atoms with van der Waals surface area (Å²) < 4.78 is 0. The van der Waals surface area contributed by atoms with Gasteiger partial charge in [-0.2, -0.15) is 0 Å². The van der Waals surface area contributed by atoms with Crippen LogP contribution in [0.3, 0.4) is 0 Å². The molecule has 3 fully saturated rings. The van der Waals surface area contributed by atoms with Gasteiger partial charge in [-0.15, -0.1) is 0 Å². The highest BCUT2D eigenvalue weighted by Gasteiger charge is 2.68. The minimum Gasteiger partial charge on any atom is -0.411 e. The van der Waals surface area contributed by atoms with Gasteiger partial charge in [0.05, 0.1) is 40.8 Å². The van der Waals surface area contributed by atoms with Gasteiger partial charge in [0.1, 0.15) is 0 Å². The SMILES string of the molecule is CC(C)(O)CC[C@@H](O)[C@](C)(O)[C@H]1CC[C@@]2(O)C3=C/C(=N\O)[C@@H]4C[C@@H](O)[C@@H](O)C[C@]4(C)[C@@H]3CC[C@]12C. The minimum absolute atomic E-state index is 0.0537. The van der Waals surface area contributed by atoms with Gasteiger partial charge in [-0.05, 0) is 101 Å². The molecule has 3 saturated carbocycles. The summed E-state index contributed by atoms with van der Waals surface area (Å²) in [6.45, 7) is 9.04. The van der Waals surface area contributed by atoms with Gasteiger partial charge < -0.3 is 35.8 Å². The summed E-state index contributed by atoms with van der Waals surface area (Å²) in [5.41, 5.74) is -3.66. The lowest BCUT2D eigenvalue weighted by atomic mass is 9.45. The topological polar surface area (TPSA) is 154 Å². The minimum atomic E-state index is -1.46. The number of allylic oxidation sites excluding steroid dienone is 1. The van der Waals surface area contributed by atoms with Gasteiger partial charge in [0.15, 0.2) is 0 Å². The molecule has 0 spiro atoms. The Morgan fingerprint density at radius 3 is 2.31 bits per heavy atom. The lowest BCUT2D eigenvalue weighted by molar-refractivity contribution is -0.172. The van der Waals surface area contributed by atoms with E-state index in [2.05, 4.69) is 12.1 Å². The number of hydrogen-bond donors (Lipinski definition) is 7. The second kappa shape index (κ2) is 8.50. The van der Waals surface area contributed by atoms with Crippen LogP contribution in [0.5, 0.6) is 0 Å². The largest absolute Gasteiger partial charge is 0.411 e. The second-order valence-corrected chi connectivity index (χ2v) is 13.3. The summed E-state index contributed by atoms with van der Waals surface area (Å²) in [5.74, 6) is -0.656. The molecule has 0 aromatic heterocycles. The van der Waals surface area contributed by atoms with Crippen molar-refractivity contribution in [2.75, 3.05) is 0 Å². The van der Waals surface area contributed by atoms with E-state index in [1.165, 1.54) is 0 Å². The average molecular weight is 496 g/mol. The van der Waals surface area contributed by atoms with E-state index in [9.17, 15) is 35.8 Å². The Bertz CT molecular complexity index is 894. The Kier molecular flexibility index (Phi) is 6.56. The van der Waals surface area contributed by atoms with Crippen molar-refractivity contribution in [3.63, 3.8) is 0 Å². The molecule has 8 heteroatoms. The number of hydrogen-bond acceptors (Lipinski definition) is 8. The zero-order valence-electron chi connectivity index (χ0n) is 21.8. The van der Waals surface area contributed by atoms with Gasteiger partial charge in [-0.25, -0.2) is 0 Å². The molecule has 4 aliphatic carbocycles. The van der Waals surface area contributed by atoms with Gasteiger partial charge in [0.25, 0.3) is 0 Å². The van der Waals surface area contributed by atoms with Gasteiger partial charge in [0, 0.05) is 11.3 Å². The van der Waals surface area contributed by atoms with E-state index in [4.69, 9.17) is 0 Å². The summed E-state index contributed by atoms with van der Waals surface area (Å²) in [6, 6.07) is 0. The van der Waals surface area contributed by atoms with Crippen molar-refractivity contribution in [1.29, 1.82) is 0 Å². The molecule has 0 aliphatic heterocycles. The molecule has 7 N–H and O–H groups in total. The lowest BCUT2D eigenvalue weighted by Crippen LogP contribution is -2.62. The van der Waals surface area contributed by atoms with Crippen LogP contribution in [-0.4, -0.2) is 76.7 Å². The molecule has 0 aromatic carbocycles. The van der Waals surface area contributed by atoms with Crippen LogP contribution in [-0.2, 0) is 0 Å². The Balaban J connectivity index is 1.70. The van der Waals surface area contributed by atoms with E-state index in [-0.39, 0.29) is 24.2 Å². The molecule has 35 heavy (non-hydrogen) atoms. The normalized spacial score (nSPS) is 47.3. The Morgan fingerprint density at radius 1 is 1.06 bits per heavy atom. The number of oxime groups is 1. The monoisotopic (exact) mass is 495 g/mol. The third-order valence-corrected chi connectivity index (χ3v) is 10.7. The third-order valence-electron chi connectivity index (χ3n) is 10.7. The molecule has 0 heterocycles. The van der Waals surface area contributed by atoms with Crippen molar-refractivity contribution in [3.05, 3.63) is 11.6 Å². The molecule has 0 aromatic rings. The quantitative estimate of drug-likeness (QED) is 0.228. The number of fused-ring (bicyclic) bond motifs is 5. The van der Waals surface area contributed by atoms with Crippen molar-refractivity contribution in [1.82, 2.24) is 0 Å². The highest BCUT2D eigenvalue weighted by Crippen LogP contribution is 2.68. The first-order chi connectivity index (χ1) is 16.0. The van der Waals surface area contributed by atoms with Gasteiger partial charge >= 0.3 is 0 Å². The van der Waals surface area contributed by atoms with Crippen LogP contribution in [0.1, 0.15) is 86.0 Å². The Labute approximate surface area is 208 Å². The molecule has 0 radical (unpaired) electrons. The molecule has 8 nitrogen and oxygen atoms in total. The Morgan fingerprint density at radius 2 is 1.71 bits per heavy atom. The van der Waals surface area contributed by atoms with Gasteiger partial charge in [0.2, 0.25) is 0 Å². The predicted octanol–water partition coefficient (Wildman–Crippen LogP) is 2.12.